The summed E-state index contributed by atoms with van der Waals surface area (Å²) in [6.45, 7) is 0.628. The SMILES string of the molecule is O=C(Nc1cnn(C2CCOc3ccccc32)c1)c1n[nH]c2cc(-c3cn[nH]c3)ccc12. The maximum Gasteiger partial charge on any atom is 0.276 e. The number of rotatable bonds is 4. The standard InChI is InChI=1S/C23H19N7O2/c31-23(22-17-6-5-14(9-19(17)28-29-22)15-10-24-25-11-15)27-16-12-26-30(13-16)20-7-8-32-21-4-2-1-3-18(20)21/h1-6,9-13,20H,7-8H2,(H,24,25)(H,27,31)(H,28,29). The van der Waals surface area contributed by atoms with E-state index >= 15 is 0 Å². The highest BCUT2D eigenvalue weighted by Gasteiger charge is 2.24. The predicted octanol–water partition coefficient (Wildman–Crippen LogP) is 3.77. The second-order valence-corrected chi connectivity index (χ2v) is 7.67. The van der Waals surface area contributed by atoms with Gasteiger partial charge in [-0.1, -0.05) is 24.3 Å². The van der Waals surface area contributed by atoms with Crippen LogP contribution in [0.2, 0.25) is 0 Å². The van der Waals surface area contributed by atoms with Crippen molar-refractivity contribution in [2.75, 3.05) is 11.9 Å². The molecule has 6 rings (SSSR count). The number of nitrogens with zero attached hydrogens (tertiary/aromatic N) is 4. The van der Waals surface area contributed by atoms with Crippen LogP contribution >= 0.6 is 0 Å². The highest BCUT2D eigenvalue weighted by molar-refractivity contribution is 6.11. The minimum atomic E-state index is -0.292. The van der Waals surface area contributed by atoms with Crippen molar-refractivity contribution in [3.8, 4) is 16.9 Å². The minimum absolute atomic E-state index is 0.0677. The summed E-state index contributed by atoms with van der Waals surface area (Å²) in [7, 11) is 0. The average molecular weight is 425 g/mol. The number of benzene rings is 2. The molecule has 3 N–H and O–H groups in total. The maximum absolute atomic E-state index is 12.9. The first kappa shape index (κ1) is 18.4. The lowest BCUT2D eigenvalue weighted by Gasteiger charge is -2.25. The molecule has 0 radical (unpaired) electrons. The van der Waals surface area contributed by atoms with Gasteiger partial charge in [-0.15, -0.1) is 0 Å². The second-order valence-electron chi connectivity index (χ2n) is 7.67. The van der Waals surface area contributed by atoms with Crippen LogP contribution in [0.1, 0.15) is 28.5 Å². The molecule has 9 heteroatoms. The Kier molecular flexibility index (Phi) is 4.24. The van der Waals surface area contributed by atoms with Gasteiger partial charge < -0.3 is 10.1 Å². The van der Waals surface area contributed by atoms with Gasteiger partial charge in [0.05, 0.1) is 36.2 Å². The molecule has 0 aliphatic carbocycles. The maximum atomic E-state index is 12.9. The Morgan fingerprint density at radius 2 is 2.09 bits per heavy atom. The van der Waals surface area contributed by atoms with Gasteiger partial charge in [0.25, 0.3) is 5.91 Å². The van der Waals surface area contributed by atoms with Crippen LogP contribution in [0.5, 0.6) is 5.75 Å². The van der Waals surface area contributed by atoms with Crippen molar-refractivity contribution in [1.82, 2.24) is 30.2 Å². The van der Waals surface area contributed by atoms with Gasteiger partial charge in [0.1, 0.15) is 5.75 Å². The fraction of sp³-hybridized carbons (Fsp3) is 0.130. The lowest BCUT2D eigenvalue weighted by molar-refractivity contribution is 0.102. The number of amides is 1. The number of nitrogens with one attached hydrogen (secondary N) is 3. The molecule has 0 saturated heterocycles. The molecule has 4 heterocycles. The Morgan fingerprint density at radius 1 is 1.16 bits per heavy atom. The Morgan fingerprint density at radius 3 is 3.00 bits per heavy atom. The average Bonchev–Trinajstić information content (AvgIpc) is 3.59. The fourth-order valence-corrected chi connectivity index (χ4v) is 4.14. The number of aromatic nitrogens is 6. The monoisotopic (exact) mass is 425 g/mol. The van der Waals surface area contributed by atoms with Gasteiger partial charge in [-0.25, -0.2) is 0 Å². The lowest BCUT2D eigenvalue weighted by atomic mass is 10.0. The molecule has 1 aliphatic heterocycles. The Bertz CT molecular complexity index is 1420. The Hall–Kier alpha value is -4.40. The third-order valence-electron chi connectivity index (χ3n) is 5.72. The number of fused-ring (bicyclic) bond motifs is 2. The molecular weight excluding hydrogens is 406 g/mol. The van der Waals surface area contributed by atoms with Crippen LogP contribution in [0, 0.1) is 0 Å². The molecule has 0 bridgehead atoms. The van der Waals surface area contributed by atoms with Gasteiger partial charge in [0.15, 0.2) is 5.69 Å². The zero-order chi connectivity index (χ0) is 21.5. The van der Waals surface area contributed by atoms with Crippen LogP contribution in [0.3, 0.4) is 0 Å². The zero-order valence-corrected chi connectivity index (χ0v) is 16.9. The number of aromatic amines is 2. The van der Waals surface area contributed by atoms with E-state index in [2.05, 4.69) is 30.8 Å². The van der Waals surface area contributed by atoms with E-state index in [0.717, 1.165) is 39.8 Å². The predicted molar refractivity (Wildman–Crippen MR) is 119 cm³/mol. The smallest absolute Gasteiger partial charge is 0.276 e. The summed E-state index contributed by atoms with van der Waals surface area (Å²) >= 11 is 0. The lowest BCUT2D eigenvalue weighted by Crippen LogP contribution is -2.20. The summed E-state index contributed by atoms with van der Waals surface area (Å²) in [5.74, 6) is 0.585. The third kappa shape index (κ3) is 3.11. The molecule has 3 aromatic heterocycles. The van der Waals surface area contributed by atoms with Crippen LogP contribution in [-0.2, 0) is 0 Å². The summed E-state index contributed by atoms with van der Waals surface area (Å²) in [5, 5.41) is 22.1. The molecule has 1 amide bonds. The van der Waals surface area contributed by atoms with E-state index in [4.69, 9.17) is 4.74 Å². The summed E-state index contributed by atoms with van der Waals surface area (Å²) in [6.07, 6.45) is 7.88. The number of H-pyrrole nitrogens is 2. The molecule has 0 spiro atoms. The van der Waals surface area contributed by atoms with Gasteiger partial charge in [-0.2, -0.15) is 15.3 Å². The van der Waals surface area contributed by atoms with Gasteiger partial charge in [0.2, 0.25) is 0 Å². The van der Waals surface area contributed by atoms with Gasteiger partial charge >= 0.3 is 0 Å². The summed E-state index contributed by atoms with van der Waals surface area (Å²) in [4.78, 5) is 12.9. The zero-order valence-electron chi connectivity index (χ0n) is 16.9. The first-order valence-electron chi connectivity index (χ1n) is 10.3. The van der Waals surface area contributed by atoms with Crippen molar-refractivity contribution in [2.24, 2.45) is 0 Å². The number of carbonyl (C=O) groups is 1. The summed E-state index contributed by atoms with van der Waals surface area (Å²) < 4.78 is 7.61. The number of anilines is 1. The van der Waals surface area contributed by atoms with Crippen LogP contribution in [0.4, 0.5) is 5.69 Å². The van der Waals surface area contributed by atoms with E-state index in [1.165, 1.54) is 0 Å². The Balaban J connectivity index is 1.24. The molecule has 0 saturated carbocycles. The largest absolute Gasteiger partial charge is 0.493 e. The van der Waals surface area contributed by atoms with E-state index in [1.807, 2.05) is 59.5 Å². The molecule has 1 aliphatic rings. The van der Waals surface area contributed by atoms with Crippen molar-refractivity contribution in [2.45, 2.75) is 12.5 Å². The number of ether oxygens (including phenoxy) is 1. The topological polar surface area (TPSA) is 114 Å². The molecule has 1 atom stereocenters. The number of hydrogen-bond donors (Lipinski definition) is 3. The Labute approximate surface area is 182 Å². The van der Waals surface area contributed by atoms with E-state index < -0.39 is 0 Å². The number of para-hydroxylation sites is 1. The van der Waals surface area contributed by atoms with Crippen LogP contribution in [0.25, 0.3) is 22.0 Å². The fourth-order valence-electron chi connectivity index (χ4n) is 4.14. The summed E-state index contributed by atoms with van der Waals surface area (Å²) in [5.41, 5.74) is 4.78. The van der Waals surface area contributed by atoms with E-state index in [-0.39, 0.29) is 11.9 Å². The molecule has 32 heavy (non-hydrogen) atoms. The van der Waals surface area contributed by atoms with Gasteiger partial charge in [-0.3, -0.25) is 19.7 Å². The normalized spacial score (nSPS) is 15.3. The van der Waals surface area contributed by atoms with E-state index in [0.29, 0.717) is 18.0 Å². The molecule has 1 unspecified atom stereocenters. The van der Waals surface area contributed by atoms with Crippen molar-refractivity contribution in [1.29, 1.82) is 0 Å². The summed E-state index contributed by atoms with van der Waals surface area (Å²) in [6, 6.07) is 13.8. The minimum Gasteiger partial charge on any atom is -0.493 e. The van der Waals surface area contributed by atoms with Crippen LogP contribution in [0.15, 0.2) is 67.3 Å². The highest BCUT2D eigenvalue weighted by Crippen LogP contribution is 2.34. The second kappa shape index (κ2) is 7.38. The third-order valence-corrected chi connectivity index (χ3v) is 5.72. The highest BCUT2D eigenvalue weighted by atomic mass is 16.5. The van der Waals surface area contributed by atoms with Crippen molar-refractivity contribution in [3.05, 3.63) is 78.5 Å². The molecule has 9 nitrogen and oxygen atoms in total. The van der Waals surface area contributed by atoms with E-state index in [9.17, 15) is 4.79 Å². The molecule has 158 valence electrons. The molecular formula is C23H19N7O2. The van der Waals surface area contributed by atoms with Crippen molar-refractivity contribution >= 4 is 22.5 Å². The van der Waals surface area contributed by atoms with Crippen LogP contribution in [-0.4, -0.2) is 42.7 Å². The first-order chi connectivity index (χ1) is 15.8. The number of hydrogen-bond acceptors (Lipinski definition) is 5. The van der Waals surface area contributed by atoms with E-state index in [1.54, 1.807) is 12.4 Å². The molecule has 0 fully saturated rings. The number of carbonyl (C=O) groups excluding carboxylic acids is 1. The van der Waals surface area contributed by atoms with Crippen molar-refractivity contribution in [3.63, 3.8) is 0 Å². The molecule has 5 aromatic rings. The first-order valence-corrected chi connectivity index (χ1v) is 10.3. The van der Waals surface area contributed by atoms with Gasteiger partial charge in [0, 0.05) is 35.3 Å². The quantitative estimate of drug-likeness (QED) is 0.406. The van der Waals surface area contributed by atoms with Crippen LogP contribution < -0.4 is 10.1 Å². The van der Waals surface area contributed by atoms with Gasteiger partial charge in [-0.05, 0) is 23.8 Å². The molecule has 2 aromatic carbocycles. The van der Waals surface area contributed by atoms with Crippen molar-refractivity contribution < 1.29 is 9.53 Å².